The third kappa shape index (κ3) is 4.28. The van der Waals surface area contributed by atoms with Crippen LogP contribution in [0.2, 0.25) is 0 Å². The molecule has 3 atom stereocenters. The molecule has 2 fully saturated rings. The molecule has 4 rings (SSSR count). The number of amides is 1. The number of rotatable bonds is 5. The van der Waals surface area contributed by atoms with Crippen LogP contribution in [0.15, 0.2) is 30.3 Å². The van der Waals surface area contributed by atoms with Crippen molar-refractivity contribution in [2.75, 3.05) is 26.0 Å². The summed E-state index contributed by atoms with van der Waals surface area (Å²) in [6.07, 6.45) is 6.44. The molecule has 30 heavy (non-hydrogen) atoms. The van der Waals surface area contributed by atoms with Crippen LogP contribution in [0.5, 0.6) is 5.75 Å². The highest BCUT2D eigenvalue weighted by Crippen LogP contribution is 2.48. The average molecular weight is 448 g/mol. The number of likely N-dealkylation sites (tertiary alicyclic amines) is 1. The van der Waals surface area contributed by atoms with E-state index in [1.807, 2.05) is 29.4 Å². The highest BCUT2D eigenvalue weighted by molar-refractivity contribution is 8.17. The average Bonchev–Trinajstić information content (AvgIpc) is 3.34. The quantitative estimate of drug-likeness (QED) is 0.591. The number of thioether (sulfide) groups is 2. The van der Waals surface area contributed by atoms with Crippen molar-refractivity contribution in [3.8, 4) is 5.75 Å². The zero-order chi connectivity index (χ0) is 21.3. The van der Waals surface area contributed by atoms with Gasteiger partial charge in [-0.3, -0.25) is 4.79 Å². The molecule has 3 aliphatic heterocycles. The van der Waals surface area contributed by atoms with Gasteiger partial charge >= 0.3 is 7.12 Å². The summed E-state index contributed by atoms with van der Waals surface area (Å²) in [7, 11) is -1.44. The van der Waals surface area contributed by atoms with Crippen LogP contribution in [0, 0.1) is 5.92 Å². The third-order valence-corrected chi connectivity index (χ3v) is 9.62. The zero-order valence-corrected chi connectivity index (χ0v) is 18.8. The lowest BCUT2D eigenvalue weighted by molar-refractivity contribution is -0.132. The van der Waals surface area contributed by atoms with Gasteiger partial charge in [-0.1, -0.05) is 24.2 Å². The van der Waals surface area contributed by atoms with Gasteiger partial charge in [0, 0.05) is 30.6 Å². The van der Waals surface area contributed by atoms with E-state index in [0.717, 1.165) is 43.7 Å². The Hall–Kier alpha value is -1.13. The highest BCUT2D eigenvalue weighted by atomic mass is 32.2. The Morgan fingerprint density at radius 1 is 1.43 bits per heavy atom. The summed E-state index contributed by atoms with van der Waals surface area (Å²) in [5.74, 6) is 2.74. The number of fused-ring (bicyclic) bond motifs is 2. The van der Waals surface area contributed by atoms with Crippen LogP contribution in [0.3, 0.4) is 0 Å². The topological polar surface area (TPSA) is 96.0 Å². The Labute approximate surface area is 186 Å². The summed E-state index contributed by atoms with van der Waals surface area (Å²) in [5, 5.41) is 18.2. The number of nitrogens with zero attached hydrogens (tertiary/aromatic N) is 1. The summed E-state index contributed by atoms with van der Waals surface area (Å²) < 4.78 is 6.24. The minimum Gasteiger partial charge on any atom is -0.492 e. The lowest BCUT2D eigenvalue weighted by Gasteiger charge is -2.39. The first-order chi connectivity index (χ1) is 14.5. The van der Waals surface area contributed by atoms with E-state index in [-0.39, 0.29) is 27.1 Å². The van der Waals surface area contributed by atoms with Gasteiger partial charge in [-0.25, -0.2) is 0 Å². The van der Waals surface area contributed by atoms with Crippen molar-refractivity contribution in [3.05, 3.63) is 41.4 Å². The van der Waals surface area contributed by atoms with Gasteiger partial charge in [0.2, 0.25) is 5.91 Å². The Bertz CT molecular complexity index is 814. The van der Waals surface area contributed by atoms with Crippen LogP contribution < -0.4 is 10.5 Å². The molecule has 1 amide bonds. The van der Waals surface area contributed by atoms with Crippen molar-refractivity contribution >= 4 is 36.5 Å². The number of allylic oxidation sites excluding steroid dienone is 1. The van der Waals surface area contributed by atoms with Crippen molar-refractivity contribution in [1.82, 2.24) is 4.90 Å². The summed E-state index contributed by atoms with van der Waals surface area (Å²) >= 11 is 3.43. The molecular weight excluding hydrogens is 419 g/mol. The van der Waals surface area contributed by atoms with E-state index in [1.165, 1.54) is 11.5 Å². The monoisotopic (exact) mass is 448 g/mol. The van der Waals surface area contributed by atoms with Crippen LogP contribution in [-0.2, 0) is 16.8 Å². The molecule has 3 unspecified atom stereocenters. The van der Waals surface area contributed by atoms with Gasteiger partial charge in [0.05, 0.1) is 16.4 Å². The molecule has 2 saturated heterocycles. The standard InChI is InChI=1S/C21H29BN2O4S2/c1-29-20-15(4-7-22(26)27)11-18(30-20)19(25)24-8-5-21(6-9-24)13-28-17-3-2-14(12-23)10-16(17)21/h2-4,7,10,15,18,20,26-27H,5-6,8-9,11-13,23H2,1H3/b7-4+. The van der Waals surface area contributed by atoms with Gasteiger partial charge in [0.25, 0.3) is 0 Å². The van der Waals surface area contributed by atoms with Crippen LogP contribution in [0.4, 0.5) is 0 Å². The second kappa shape index (κ2) is 9.16. The molecule has 0 radical (unpaired) electrons. The molecule has 1 aromatic carbocycles. The first-order valence-corrected chi connectivity index (χ1v) is 12.7. The van der Waals surface area contributed by atoms with Gasteiger partial charge in [-0.05, 0) is 43.1 Å². The number of piperidine rings is 1. The first kappa shape index (κ1) is 22.1. The molecule has 0 bridgehead atoms. The molecule has 3 heterocycles. The molecule has 0 aromatic heterocycles. The maximum absolute atomic E-state index is 13.2. The predicted molar refractivity (Wildman–Crippen MR) is 123 cm³/mol. The maximum Gasteiger partial charge on any atom is 0.480 e. The van der Waals surface area contributed by atoms with Crippen molar-refractivity contribution in [1.29, 1.82) is 0 Å². The number of ether oxygens (including phenoxy) is 1. The van der Waals surface area contributed by atoms with E-state index in [2.05, 4.69) is 6.07 Å². The maximum atomic E-state index is 13.2. The van der Waals surface area contributed by atoms with E-state index in [4.69, 9.17) is 20.5 Å². The smallest absolute Gasteiger partial charge is 0.480 e. The minimum absolute atomic E-state index is 0.00947. The number of hydrogen-bond acceptors (Lipinski definition) is 7. The highest BCUT2D eigenvalue weighted by Gasteiger charge is 2.46. The molecule has 9 heteroatoms. The lowest BCUT2D eigenvalue weighted by Crippen LogP contribution is -2.48. The molecule has 162 valence electrons. The Morgan fingerprint density at radius 2 is 2.20 bits per heavy atom. The Morgan fingerprint density at radius 3 is 2.87 bits per heavy atom. The molecule has 1 spiro atoms. The lowest BCUT2D eigenvalue weighted by atomic mass is 9.74. The van der Waals surface area contributed by atoms with Crippen molar-refractivity contribution in [3.63, 3.8) is 0 Å². The largest absolute Gasteiger partial charge is 0.492 e. The second-order valence-corrected chi connectivity index (χ2v) is 11.0. The fourth-order valence-corrected chi connectivity index (χ4v) is 7.51. The summed E-state index contributed by atoms with van der Waals surface area (Å²) in [6.45, 7) is 2.69. The molecule has 6 nitrogen and oxygen atoms in total. The van der Waals surface area contributed by atoms with Crippen LogP contribution in [0.25, 0.3) is 0 Å². The Kier molecular flexibility index (Phi) is 6.74. The van der Waals surface area contributed by atoms with Crippen LogP contribution in [0.1, 0.15) is 30.4 Å². The van der Waals surface area contributed by atoms with E-state index in [9.17, 15) is 4.79 Å². The second-order valence-electron chi connectivity index (χ2n) is 8.36. The molecule has 0 aliphatic carbocycles. The van der Waals surface area contributed by atoms with Crippen LogP contribution >= 0.6 is 23.5 Å². The molecule has 4 N–H and O–H groups in total. The number of carbonyl (C=O) groups excluding carboxylic acids is 1. The van der Waals surface area contributed by atoms with Crippen molar-refractivity contribution in [2.24, 2.45) is 11.7 Å². The van der Waals surface area contributed by atoms with Crippen molar-refractivity contribution < 1.29 is 19.6 Å². The summed E-state index contributed by atoms with van der Waals surface area (Å²) in [5.41, 5.74) is 8.20. The predicted octanol–water partition coefficient (Wildman–Crippen LogP) is 1.78. The van der Waals surface area contributed by atoms with E-state index in [1.54, 1.807) is 23.5 Å². The minimum atomic E-state index is -1.44. The fraction of sp³-hybridized carbons (Fsp3) is 0.571. The van der Waals surface area contributed by atoms with Crippen molar-refractivity contribution in [2.45, 2.75) is 41.1 Å². The number of carbonyl (C=O) groups is 1. The van der Waals surface area contributed by atoms with Crippen LogP contribution in [-0.4, -0.2) is 63.8 Å². The van der Waals surface area contributed by atoms with Gasteiger partial charge < -0.3 is 25.4 Å². The van der Waals surface area contributed by atoms with Gasteiger partial charge in [-0.2, -0.15) is 11.8 Å². The van der Waals surface area contributed by atoms with Gasteiger partial charge in [0.15, 0.2) is 0 Å². The number of hydrogen-bond donors (Lipinski definition) is 3. The van der Waals surface area contributed by atoms with Gasteiger partial charge in [0.1, 0.15) is 5.75 Å². The fourth-order valence-electron chi connectivity index (χ4n) is 4.79. The number of benzene rings is 1. The SMILES string of the molecule is CSC1SC(C(=O)N2CCC3(CC2)COc2ccc(CN)cc23)CC1/C=C/B(O)O. The Balaban J connectivity index is 1.40. The number of nitrogens with two attached hydrogens (primary N) is 1. The van der Waals surface area contributed by atoms with E-state index < -0.39 is 7.12 Å². The molecular formula is C21H29BN2O4S2. The summed E-state index contributed by atoms with van der Waals surface area (Å²) in [4.78, 5) is 15.2. The third-order valence-electron chi connectivity index (χ3n) is 6.56. The van der Waals surface area contributed by atoms with E-state index >= 15 is 0 Å². The van der Waals surface area contributed by atoms with Gasteiger partial charge in [-0.15, -0.1) is 11.8 Å². The summed E-state index contributed by atoms with van der Waals surface area (Å²) in [6, 6.07) is 6.23. The molecule has 1 aromatic rings. The molecule has 0 saturated carbocycles. The van der Waals surface area contributed by atoms with E-state index in [0.29, 0.717) is 13.2 Å². The molecule has 3 aliphatic rings. The normalized spacial score (nSPS) is 27.5. The first-order valence-electron chi connectivity index (χ1n) is 10.4. The zero-order valence-electron chi connectivity index (χ0n) is 17.2.